The lowest BCUT2D eigenvalue weighted by Crippen LogP contribution is -2.52. The van der Waals surface area contributed by atoms with Crippen LogP contribution in [0.15, 0.2) is 42.5 Å². The number of aliphatic hydroxyl groups excluding tert-OH is 1. The van der Waals surface area contributed by atoms with Gasteiger partial charge in [0, 0.05) is 19.7 Å². The van der Waals surface area contributed by atoms with E-state index >= 15 is 0 Å². The van der Waals surface area contributed by atoms with Gasteiger partial charge in [-0.05, 0) is 35.4 Å². The Morgan fingerprint density at radius 3 is 2.10 bits per heavy atom. The van der Waals surface area contributed by atoms with Crippen LogP contribution in [0.25, 0.3) is 11.1 Å². The monoisotopic (exact) mass is 400 g/mol. The van der Waals surface area contributed by atoms with Crippen molar-refractivity contribution in [1.29, 1.82) is 0 Å². The topological polar surface area (TPSA) is 105 Å². The predicted molar refractivity (Wildman–Crippen MR) is 107 cm³/mol. The number of nitrogens with zero attached hydrogens (tertiary/aromatic N) is 1. The van der Waals surface area contributed by atoms with Crippen molar-refractivity contribution in [3.63, 3.8) is 0 Å². The van der Waals surface area contributed by atoms with Gasteiger partial charge in [0.2, 0.25) is 5.91 Å². The van der Waals surface area contributed by atoms with Crippen molar-refractivity contribution >= 4 is 17.6 Å². The lowest BCUT2D eigenvalue weighted by atomic mass is 10.0. The summed E-state index contributed by atoms with van der Waals surface area (Å²) in [5.74, 6) is -0.748. The number of carbonyl (C=O) groups excluding carboxylic acids is 3. The molecule has 2 amide bonds. The molecule has 0 spiro atoms. The highest BCUT2D eigenvalue weighted by atomic mass is 16.5. The van der Waals surface area contributed by atoms with E-state index in [0.717, 1.165) is 16.0 Å². The van der Waals surface area contributed by atoms with Gasteiger partial charge in [-0.25, -0.2) is 0 Å². The summed E-state index contributed by atoms with van der Waals surface area (Å²) in [4.78, 5) is 37.6. The number of hydrogen-bond donors (Lipinski definition) is 2. The summed E-state index contributed by atoms with van der Waals surface area (Å²) in [5.41, 5.74) is 2.02. The van der Waals surface area contributed by atoms with Crippen LogP contribution in [0.4, 0.5) is 0 Å². The molecule has 0 saturated heterocycles. The van der Waals surface area contributed by atoms with Gasteiger partial charge < -0.3 is 24.8 Å². The molecule has 0 heterocycles. The molecule has 8 nitrogen and oxygen atoms in total. The average molecular weight is 400 g/mol. The average Bonchev–Trinajstić information content (AvgIpc) is 2.77. The number of aliphatic hydroxyl groups is 1. The van der Waals surface area contributed by atoms with E-state index in [2.05, 4.69) is 5.32 Å². The number of benzene rings is 2. The summed E-state index contributed by atoms with van der Waals surface area (Å²) in [7, 11) is 5.81. The second-order valence-corrected chi connectivity index (χ2v) is 6.20. The molecule has 0 saturated carbocycles. The van der Waals surface area contributed by atoms with Crippen molar-refractivity contribution in [2.75, 3.05) is 34.9 Å². The number of nitrogens with one attached hydrogen (secondary N) is 1. The van der Waals surface area contributed by atoms with E-state index in [-0.39, 0.29) is 0 Å². The Morgan fingerprint density at radius 2 is 1.59 bits per heavy atom. The molecule has 0 bridgehead atoms. The summed E-state index contributed by atoms with van der Waals surface area (Å²) in [5, 5.41) is 11.4. The van der Waals surface area contributed by atoms with Crippen molar-refractivity contribution in [2.45, 2.75) is 6.04 Å². The number of methoxy groups -OCH3 is 2. The number of Topliss-reactive ketones (excluding diaryl/α,β-unsaturated/α-hetero) is 1. The number of hydrogen-bond acceptors (Lipinski definition) is 6. The molecule has 1 unspecified atom stereocenters. The summed E-state index contributed by atoms with van der Waals surface area (Å²) < 4.78 is 10.5. The molecule has 8 heteroatoms. The second-order valence-electron chi connectivity index (χ2n) is 6.20. The van der Waals surface area contributed by atoms with Gasteiger partial charge in [0.15, 0.2) is 23.3 Å². The molecule has 0 aliphatic carbocycles. The van der Waals surface area contributed by atoms with Crippen LogP contribution in [0.3, 0.4) is 0 Å². The van der Waals surface area contributed by atoms with Crippen molar-refractivity contribution in [2.24, 2.45) is 0 Å². The van der Waals surface area contributed by atoms with Gasteiger partial charge in [-0.3, -0.25) is 14.4 Å². The molecule has 2 aromatic rings. The van der Waals surface area contributed by atoms with Gasteiger partial charge in [-0.1, -0.05) is 18.2 Å². The lowest BCUT2D eigenvalue weighted by Gasteiger charge is -2.25. The smallest absolute Gasteiger partial charge is 0.254 e. The summed E-state index contributed by atoms with van der Waals surface area (Å²) in [6.07, 6.45) is 0. The molecule has 0 radical (unpaired) electrons. The Bertz CT molecular complexity index is 879. The van der Waals surface area contributed by atoms with Gasteiger partial charge in [0.05, 0.1) is 14.2 Å². The third-order valence-electron chi connectivity index (χ3n) is 4.51. The fourth-order valence-corrected chi connectivity index (χ4v) is 2.90. The fraction of sp³-hybridized carbons (Fsp3) is 0.286. The number of ether oxygens (including phenoxy) is 2. The number of rotatable bonds is 8. The van der Waals surface area contributed by atoms with E-state index in [9.17, 15) is 14.4 Å². The van der Waals surface area contributed by atoms with Gasteiger partial charge in [-0.15, -0.1) is 0 Å². The van der Waals surface area contributed by atoms with E-state index < -0.39 is 30.2 Å². The second kappa shape index (κ2) is 9.70. The maximum absolute atomic E-state index is 12.7. The minimum Gasteiger partial charge on any atom is -0.493 e. The van der Waals surface area contributed by atoms with E-state index in [4.69, 9.17) is 14.6 Å². The van der Waals surface area contributed by atoms with Crippen LogP contribution in [0.5, 0.6) is 11.5 Å². The van der Waals surface area contributed by atoms with Crippen LogP contribution < -0.4 is 14.8 Å². The molecule has 2 rings (SSSR count). The molecule has 154 valence electrons. The molecule has 29 heavy (non-hydrogen) atoms. The van der Waals surface area contributed by atoms with Gasteiger partial charge in [0.1, 0.15) is 6.61 Å². The molecular weight excluding hydrogens is 376 g/mol. The minimum absolute atomic E-state index is 0.302. The number of likely N-dealkylation sites (N-methyl/N-ethyl adjacent to an activating group) is 2. The summed E-state index contributed by atoms with van der Waals surface area (Å²) >= 11 is 0. The van der Waals surface area contributed by atoms with Gasteiger partial charge in [-0.2, -0.15) is 0 Å². The van der Waals surface area contributed by atoms with Crippen LogP contribution in [-0.4, -0.2) is 68.6 Å². The predicted octanol–water partition coefficient (Wildman–Crippen LogP) is 1.12. The molecule has 1 atom stereocenters. The van der Waals surface area contributed by atoms with E-state index in [0.29, 0.717) is 17.1 Å². The number of carbonyl (C=O) groups is 3. The standard InChI is InChI=1S/C21H24N2O6/c1-22-20(26)19(16(25)12-24)23(2)21(27)14-7-5-13(6-8-14)15-9-10-17(28-3)18(11-15)29-4/h5-11,19,24H,12H2,1-4H3,(H,22,26). The van der Waals surface area contributed by atoms with Crippen molar-refractivity contribution in [3.05, 3.63) is 48.0 Å². The minimum atomic E-state index is -1.40. The highest BCUT2D eigenvalue weighted by Crippen LogP contribution is 2.32. The quantitative estimate of drug-likeness (QED) is 0.644. The SMILES string of the molecule is CNC(=O)C(C(=O)CO)N(C)C(=O)c1ccc(-c2ccc(OC)c(OC)c2)cc1. The highest BCUT2D eigenvalue weighted by molar-refractivity contribution is 6.10. The van der Waals surface area contributed by atoms with Crippen LogP contribution in [0.2, 0.25) is 0 Å². The third kappa shape index (κ3) is 4.72. The fourth-order valence-electron chi connectivity index (χ4n) is 2.90. The zero-order chi connectivity index (χ0) is 21.6. The zero-order valence-corrected chi connectivity index (χ0v) is 16.8. The molecule has 0 aliphatic heterocycles. The third-order valence-corrected chi connectivity index (χ3v) is 4.51. The number of amides is 2. The largest absolute Gasteiger partial charge is 0.493 e. The number of ketones is 1. The van der Waals surface area contributed by atoms with Crippen LogP contribution in [0.1, 0.15) is 10.4 Å². The first-order valence-corrected chi connectivity index (χ1v) is 8.82. The first kappa shape index (κ1) is 21.9. The van der Waals surface area contributed by atoms with E-state index in [1.54, 1.807) is 44.6 Å². The first-order chi connectivity index (χ1) is 13.9. The Morgan fingerprint density at radius 1 is 1.00 bits per heavy atom. The van der Waals surface area contributed by atoms with Gasteiger partial charge in [0.25, 0.3) is 5.91 Å². The molecule has 0 aliphatic rings. The van der Waals surface area contributed by atoms with Crippen molar-refractivity contribution < 1.29 is 29.0 Å². The Kier molecular flexibility index (Phi) is 7.33. The van der Waals surface area contributed by atoms with Crippen LogP contribution in [-0.2, 0) is 9.59 Å². The lowest BCUT2D eigenvalue weighted by molar-refractivity contribution is -0.135. The molecule has 2 N–H and O–H groups in total. The normalized spacial score (nSPS) is 11.3. The van der Waals surface area contributed by atoms with E-state index in [1.165, 1.54) is 14.1 Å². The molecule has 2 aromatic carbocycles. The highest BCUT2D eigenvalue weighted by Gasteiger charge is 2.32. The Labute approximate surface area is 169 Å². The van der Waals surface area contributed by atoms with Crippen LogP contribution in [0, 0.1) is 0 Å². The van der Waals surface area contributed by atoms with Crippen LogP contribution >= 0.6 is 0 Å². The maximum atomic E-state index is 12.7. The first-order valence-electron chi connectivity index (χ1n) is 8.82. The van der Waals surface area contributed by atoms with Crippen molar-refractivity contribution in [1.82, 2.24) is 10.2 Å². The molecule has 0 fully saturated rings. The summed E-state index contributed by atoms with van der Waals surface area (Å²) in [6.45, 7) is -0.839. The maximum Gasteiger partial charge on any atom is 0.254 e. The van der Waals surface area contributed by atoms with Crippen molar-refractivity contribution in [3.8, 4) is 22.6 Å². The molecular formula is C21H24N2O6. The summed E-state index contributed by atoms with van der Waals surface area (Å²) in [6, 6.07) is 10.8. The van der Waals surface area contributed by atoms with Gasteiger partial charge >= 0.3 is 0 Å². The Balaban J connectivity index is 2.28. The molecule has 0 aromatic heterocycles. The Hall–Kier alpha value is -3.39. The van der Waals surface area contributed by atoms with E-state index in [1.807, 2.05) is 12.1 Å². The zero-order valence-electron chi connectivity index (χ0n) is 16.8.